The van der Waals surface area contributed by atoms with Crippen molar-refractivity contribution in [3.63, 3.8) is 0 Å². The predicted octanol–water partition coefficient (Wildman–Crippen LogP) is 6.36. The van der Waals surface area contributed by atoms with Crippen LogP contribution >= 0.6 is 0 Å². The Morgan fingerprint density at radius 1 is 1.18 bits per heavy atom. The number of benzene rings is 1. The van der Waals surface area contributed by atoms with Crippen LogP contribution in [0.1, 0.15) is 75.8 Å². The second-order valence-electron chi connectivity index (χ2n) is 7.46. The summed E-state index contributed by atoms with van der Waals surface area (Å²) < 4.78 is 19.5. The smallest absolute Gasteiger partial charge is 0.217 e. The third-order valence-corrected chi connectivity index (χ3v) is 4.79. The Hall–Kier alpha value is -2.20. The highest BCUT2D eigenvalue weighted by Gasteiger charge is 2.25. The molecule has 1 unspecified atom stereocenters. The van der Waals surface area contributed by atoms with Crippen LogP contribution in [0.4, 0.5) is 4.39 Å². The Balaban J connectivity index is 2.79. The van der Waals surface area contributed by atoms with E-state index in [9.17, 15) is 9.50 Å². The molecule has 0 aliphatic carbocycles. The quantitative estimate of drug-likeness (QED) is 0.382. The average Bonchev–Trinajstić information content (AvgIpc) is 2.66. The molecule has 152 valence electrons. The van der Waals surface area contributed by atoms with Gasteiger partial charge in [-0.05, 0) is 48.9 Å². The highest BCUT2D eigenvalue weighted by Crippen LogP contribution is 2.41. The van der Waals surface area contributed by atoms with Crippen LogP contribution in [0.3, 0.4) is 0 Å². The van der Waals surface area contributed by atoms with Crippen molar-refractivity contribution >= 4 is 0 Å². The third-order valence-electron chi connectivity index (χ3n) is 4.79. The SMILES string of the molecule is C=CCOc1nc(C(C)C)c(C(C)O)c(-c2ccc(F)cc2)c1CCCCC. The van der Waals surface area contributed by atoms with Gasteiger partial charge in [-0.3, -0.25) is 0 Å². The Bertz CT molecular complexity index is 782. The lowest BCUT2D eigenvalue weighted by Crippen LogP contribution is -2.12. The number of pyridine rings is 1. The van der Waals surface area contributed by atoms with Crippen molar-refractivity contribution in [3.8, 4) is 17.0 Å². The normalized spacial score (nSPS) is 12.2. The number of hydrogen-bond donors (Lipinski definition) is 1. The van der Waals surface area contributed by atoms with Gasteiger partial charge in [0.1, 0.15) is 12.4 Å². The van der Waals surface area contributed by atoms with E-state index in [1.165, 1.54) is 12.1 Å². The highest BCUT2D eigenvalue weighted by atomic mass is 19.1. The molecule has 1 heterocycles. The van der Waals surface area contributed by atoms with E-state index in [0.717, 1.165) is 53.6 Å². The van der Waals surface area contributed by atoms with Crippen LogP contribution < -0.4 is 4.74 Å². The standard InChI is InChI=1S/C24H32FNO2/c1-6-8-9-10-20-22(18-11-13-19(25)14-12-18)21(17(5)27)23(16(3)4)26-24(20)28-15-7-2/h7,11-14,16-17,27H,2,6,8-10,15H2,1,3-5H3. The summed E-state index contributed by atoms with van der Waals surface area (Å²) >= 11 is 0. The van der Waals surface area contributed by atoms with Gasteiger partial charge in [0.05, 0.1) is 11.8 Å². The first-order valence-corrected chi connectivity index (χ1v) is 10.1. The fourth-order valence-electron chi connectivity index (χ4n) is 3.48. The lowest BCUT2D eigenvalue weighted by atomic mass is 9.87. The number of halogens is 1. The molecule has 3 nitrogen and oxygen atoms in total. The molecule has 0 spiro atoms. The molecule has 1 atom stereocenters. The van der Waals surface area contributed by atoms with Gasteiger partial charge in [-0.2, -0.15) is 0 Å². The Morgan fingerprint density at radius 2 is 1.86 bits per heavy atom. The van der Waals surface area contributed by atoms with Gasteiger partial charge in [0.15, 0.2) is 0 Å². The van der Waals surface area contributed by atoms with E-state index in [4.69, 9.17) is 9.72 Å². The predicted molar refractivity (Wildman–Crippen MR) is 113 cm³/mol. The molecule has 0 aliphatic heterocycles. The molecule has 0 fully saturated rings. The van der Waals surface area contributed by atoms with Gasteiger partial charge in [-0.15, -0.1) is 0 Å². The van der Waals surface area contributed by atoms with Gasteiger partial charge in [0.2, 0.25) is 5.88 Å². The molecule has 4 heteroatoms. The molecule has 1 N–H and O–H groups in total. The van der Waals surface area contributed by atoms with Crippen molar-refractivity contribution in [1.29, 1.82) is 0 Å². The number of nitrogens with zero attached hydrogens (tertiary/aromatic N) is 1. The van der Waals surface area contributed by atoms with Crippen molar-refractivity contribution in [2.24, 2.45) is 0 Å². The Labute approximate surface area is 168 Å². The summed E-state index contributed by atoms with van der Waals surface area (Å²) in [5.74, 6) is 0.416. The Kier molecular flexibility index (Phi) is 8.18. The van der Waals surface area contributed by atoms with E-state index in [1.54, 1.807) is 25.1 Å². The molecule has 0 bridgehead atoms. The monoisotopic (exact) mass is 385 g/mol. The minimum Gasteiger partial charge on any atom is -0.473 e. The zero-order valence-electron chi connectivity index (χ0n) is 17.5. The van der Waals surface area contributed by atoms with Gasteiger partial charge in [0.25, 0.3) is 0 Å². The summed E-state index contributed by atoms with van der Waals surface area (Å²) in [6, 6.07) is 6.44. The minimum atomic E-state index is -0.691. The molecule has 28 heavy (non-hydrogen) atoms. The first kappa shape index (κ1) is 22.1. The molecule has 0 saturated carbocycles. The van der Waals surface area contributed by atoms with Crippen LogP contribution in [0.15, 0.2) is 36.9 Å². The van der Waals surface area contributed by atoms with Gasteiger partial charge in [-0.1, -0.05) is 58.4 Å². The molecule has 2 rings (SSSR count). The van der Waals surface area contributed by atoms with E-state index >= 15 is 0 Å². The number of hydrogen-bond acceptors (Lipinski definition) is 3. The molecule has 0 radical (unpaired) electrons. The summed E-state index contributed by atoms with van der Waals surface area (Å²) in [6.45, 7) is 12.1. The van der Waals surface area contributed by atoms with Gasteiger partial charge in [0, 0.05) is 11.1 Å². The summed E-state index contributed by atoms with van der Waals surface area (Å²) in [6.07, 6.45) is 5.00. The minimum absolute atomic E-state index is 0.111. The van der Waals surface area contributed by atoms with Crippen molar-refractivity contribution in [1.82, 2.24) is 4.98 Å². The lowest BCUT2D eigenvalue weighted by molar-refractivity contribution is 0.197. The summed E-state index contributed by atoms with van der Waals surface area (Å²) in [7, 11) is 0. The molecule has 1 aromatic heterocycles. The van der Waals surface area contributed by atoms with Crippen LogP contribution in [-0.2, 0) is 6.42 Å². The summed E-state index contributed by atoms with van der Waals surface area (Å²) in [4.78, 5) is 4.81. The molecule has 2 aromatic rings. The largest absolute Gasteiger partial charge is 0.473 e. The maximum atomic E-state index is 13.6. The second-order valence-corrected chi connectivity index (χ2v) is 7.46. The fraction of sp³-hybridized carbons (Fsp3) is 0.458. The van der Waals surface area contributed by atoms with E-state index in [0.29, 0.717) is 12.5 Å². The molecule has 1 aromatic carbocycles. The topological polar surface area (TPSA) is 42.4 Å². The second kappa shape index (κ2) is 10.4. The van der Waals surface area contributed by atoms with E-state index in [-0.39, 0.29) is 11.7 Å². The number of aliphatic hydroxyl groups is 1. The fourth-order valence-corrected chi connectivity index (χ4v) is 3.48. The number of aliphatic hydroxyl groups excluding tert-OH is 1. The Morgan fingerprint density at radius 3 is 2.39 bits per heavy atom. The van der Waals surface area contributed by atoms with Gasteiger partial charge < -0.3 is 9.84 Å². The summed E-state index contributed by atoms with van der Waals surface area (Å²) in [5.41, 5.74) is 4.38. The van der Waals surface area contributed by atoms with Crippen molar-refractivity contribution in [3.05, 3.63) is 59.6 Å². The van der Waals surface area contributed by atoms with Crippen molar-refractivity contribution in [2.45, 2.75) is 65.4 Å². The summed E-state index contributed by atoms with van der Waals surface area (Å²) in [5, 5.41) is 10.6. The van der Waals surface area contributed by atoms with Crippen LogP contribution in [0.2, 0.25) is 0 Å². The number of ether oxygens (including phenoxy) is 1. The van der Waals surface area contributed by atoms with Gasteiger partial charge >= 0.3 is 0 Å². The third kappa shape index (κ3) is 5.20. The number of aromatic nitrogens is 1. The first-order chi connectivity index (χ1) is 13.4. The van der Waals surface area contributed by atoms with Crippen molar-refractivity contribution < 1.29 is 14.2 Å². The number of unbranched alkanes of at least 4 members (excludes halogenated alkanes) is 2. The van der Waals surface area contributed by atoms with Crippen LogP contribution in [0.5, 0.6) is 5.88 Å². The molecule has 0 aliphatic rings. The van der Waals surface area contributed by atoms with E-state index in [2.05, 4.69) is 27.4 Å². The zero-order chi connectivity index (χ0) is 20.7. The maximum absolute atomic E-state index is 13.6. The average molecular weight is 386 g/mol. The molecule has 0 saturated heterocycles. The maximum Gasteiger partial charge on any atom is 0.217 e. The highest BCUT2D eigenvalue weighted by molar-refractivity contribution is 5.74. The van der Waals surface area contributed by atoms with Gasteiger partial charge in [-0.25, -0.2) is 9.37 Å². The van der Waals surface area contributed by atoms with E-state index < -0.39 is 6.10 Å². The zero-order valence-corrected chi connectivity index (χ0v) is 17.5. The van der Waals surface area contributed by atoms with E-state index in [1.807, 2.05) is 0 Å². The van der Waals surface area contributed by atoms with Crippen LogP contribution in [0.25, 0.3) is 11.1 Å². The van der Waals surface area contributed by atoms with Crippen molar-refractivity contribution in [2.75, 3.05) is 6.61 Å². The molecule has 0 amide bonds. The molecular weight excluding hydrogens is 353 g/mol. The number of rotatable bonds is 10. The first-order valence-electron chi connectivity index (χ1n) is 10.1. The lowest BCUT2D eigenvalue weighted by Gasteiger charge is -2.24. The molecular formula is C24H32FNO2. The van der Waals surface area contributed by atoms with Crippen LogP contribution in [-0.4, -0.2) is 16.7 Å². The van der Waals surface area contributed by atoms with Crippen LogP contribution in [0, 0.1) is 5.82 Å².